The van der Waals surface area contributed by atoms with E-state index in [4.69, 9.17) is 14.9 Å². The Morgan fingerprint density at radius 3 is 2.76 bits per heavy atom. The molecule has 2 aliphatic heterocycles. The molecule has 2 N–H and O–H groups in total. The van der Waals surface area contributed by atoms with Gasteiger partial charge in [-0.2, -0.15) is 4.98 Å². The molecule has 1 aromatic carbocycles. The quantitative estimate of drug-likeness (QED) is 0.909. The number of primary amides is 1. The molecule has 1 spiro atoms. The van der Waals surface area contributed by atoms with Crippen molar-refractivity contribution in [1.82, 2.24) is 4.98 Å². The van der Waals surface area contributed by atoms with Gasteiger partial charge in [-0.3, -0.25) is 4.79 Å². The van der Waals surface area contributed by atoms with Crippen molar-refractivity contribution in [2.45, 2.75) is 24.8 Å². The molecule has 6 nitrogen and oxygen atoms in total. The number of amides is 1. The molecule has 0 saturated carbocycles. The van der Waals surface area contributed by atoms with Gasteiger partial charge in [-0.25, -0.2) is 0 Å². The summed E-state index contributed by atoms with van der Waals surface area (Å²) in [4.78, 5) is 18.2. The average Bonchev–Trinajstić information content (AvgIpc) is 2.89. The number of nitrogens with zero attached hydrogens (tertiary/aromatic N) is 2. The smallest absolute Gasteiger partial charge is 0.298 e. The Kier molecular flexibility index (Phi) is 2.68. The second-order valence-corrected chi connectivity index (χ2v) is 5.75. The predicted octanol–water partition coefficient (Wildman–Crippen LogP) is 1.69. The molecule has 110 valence electrons. The normalized spacial score (nSPS) is 20.7. The third-order valence-electron chi connectivity index (χ3n) is 4.70. The van der Waals surface area contributed by atoms with E-state index in [0.717, 1.165) is 39.0 Å². The van der Waals surface area contributed by atoms with Crippen LogP contribution < -0.4 is 10.6 Å². The first-order valence-corrected chi connectivity index (χ1v) is 7.24. The van der Waals surface area contributed by atoms with Crippen molar-refractivity contribution < 1.29 is 13.9 Å². The van der Waals surface area contributed by atoms with Crippen molar-refractivity contribution >= 4 is 23.0 Å². The topological polar surface area (TPSA) is 81.6 Å². The number of fused-ring (bicyclic) bond motifs is 1. The van der Waals surface area contributed by atoms with Gasteiger partial charge in [0.1, 0.15) is 5.52 Å². The molecule has 2 aliphatic rings. The minimum atomic E-state index is -0.482. The maximum absolute atomic E-state index is 11.5. The van der Waals surface area contributed by atoms with Gasteiger partial charge in [0.25, 0.3) is 11.9 Å². The Balaban J connectivity index is 1.74. The highest BCUT2D eigenvalue weighted by atomic mass is 16.5. The average molecular weight is 287 g/mol. The third-order valence-corrected chi connectivity index (χ3v) is 4.70. The number of hydrogen-bond acceptors (Lipinski definition) is 5. The minimum Gasteiger partial charge on any atom is -0.423 e. The van der Waals surface area contributed by atoms with E-state index < -0.39 is 5.91 Å². The lowest BCUT2D eigenvalue weighted by molar-refractivity contribution is 0.0265. The number of rotatable bonds is 2. The number of carbonyl (C=O) groups is 1. The molecule has 3 heterocycles. The van der Waals surface area contributed by atoms with Gasteiger partial charge in [0.15, 0.2) is 5.58 Å². The van der Waals surface area contributed by atoms with Gasteiger partial charge in [0, 0.05) is 19.8 Å². The molecule has 2 aromatic rings. The standard InChI is InChI=1S/C15H17N3O3/c16-13(19)10-2-1-3-11-12(10)17-14(21-11)18-7-4-15(18)5-8-20-9-6-15/h1-3H,4-9H2,(H2,16,19). The van der Waals surface area contributed by atoms with Crippen LogP contribution in [0.4, 0.5) is 6.01 Å². The Bertz CT molecular complexity index is 703. The minimum absolute atomic E-state index is 0.117. The molecule has 1 aromatic heterocycles. The van der Waals surface area contributed by atoms with Gasteiger partial charge < -0.3 is 19.8 Å². The first kappa shape index (κ1) is 12.6. The van der Waals surface area contributed by atoms with Crippen LogP contribution in [0, 0.1) is 0 Å². The third kappa shape index (κ3) is 1.82. The molecule has 0 atom stereocenters. The summed E-state index contributed by atoms with van der Waals surface area (Å²) in [5.41, 5.74) is 7.08. The van der Waals surface area contributed by atoms with Gasteiger partial charge in [0.2, 0.25) is 0 Å². The summed E-state index contributed by atoms with van der Waals surface area (Å²) < 4.78 is 11.3. The van der Waals surface area contributed by atoms with E-state index in [9.17, 15) is 4.79 Å². The maximum Gasteiger partial charge on any atom is 0.298 e. The Labute approximate surface area is 121 Å². The number of carbonyl (C=O) groups excluding carboxylic acids is 1. The number of ether oxygens (including phenoxy) is 1. The van der Waals surface area contributed by atoms with Crippen molar-refractivity contribution in [2.75, 3.05) is 24.7 Å². The number of para-hydroxylation sites is 1. The lowest BCUT2D eigenvalue weighted by Gasteiger charge is -2.53. The van der Waals surface area contributed by atoms with Gasteiger partial charge in [-0.05, 0) is 31.4 Å². The fourth-order valence-electron chi connectivity index (χ4n) is 3.36. The second kappa shape index (κ2) is 4.46. The maximum atomic E-state index is 11.5. The van der Waals surface area contributed by atoms with Crippen LogP contribution >= 0.6 is 0 Å². The predicted molar refractivity (Wildman–Crippen MR) is 77.3 cm³/mol. The van der Waals surface area contributed by atoms with E-state index in [0.29, 0.717) is 22.7 Å². The molecule has 4 rings (SSSR count). The fourth-order valence-corrected chi connectivity index (χ4v) is 3.36. The number of benzene rings is 1. The van der Waals surface area contributed by atoms with Crippen molar-refractivity contribution in [3.63, 3.8) is 0 Å². The van der Waals surface area contributed by atoms with Crippen LogP contribution in [0.1, 0.15) is 29.6 Å². The van der Waals surface area contributed by atoms with Crippen molar-refractivity contribution in [1.29, 1.82) is 0 Å². The molecular formula is C15H17N3O3. The van der Waals surface area contributed by atoms with Crippen molar-refractivity contribution in [3.8, 4) is 0 Å². The lowest BCUT2D eigenvalue weighted by atomic mass is 9.78. The molecule has 21 heavy (non-hydrogen) atoms. The van der Waals surface area contributed by atoms with E-state index >= 15 is 0 Å². The van der Waals surface area contributed by atoms with Crippen molar-refractivity contribution in [3.05, 3.63) is 23.8 Å². The van der Waals surface area contributed by atoms with Crippen LogP contribution in [0.2, 0.25) is 0 Å². The van der Waals surface area contributed by atoms with Gasteiger partial charge in [0.05, 0.1) is 11.1 Å². The molecular weight excluding hydrogens is 270 g/mol. The van der Waals surface area contributed by atoms with Crippen molar-refractivity contribution in [2.24, 2.45) is 5.73 Å². The highest BCUT2D eigenvalue weighted by Crippen LogP contribution is 2.43. The molecule has 6 heteroatoms. The molecule has 0 unspecified atom stereocenters. The van der Waals surface area contributed by atoms with Crippen LogP contribution in [-0.4, -0.2) is 36.2 Å². The second-order valence-electron chi connectivity index (χ2n) is 5.75. The molecule has 0 aliphatic carbocycles. The van der Waals surface area contributed by atoms with Crippen LogP contribution in [0.25, 0.3) is 11.1 Å². The van der Waals surface area contributed by atoms with E-state index in [-0.39, 0.29) is 5.54 Å². The molecule has 0 radical (unpaired) electrons. The lowest BCUT2D eigenvalue weighted by Crippen LogP contribution is -2.62. The van der Waals surface area contributed by atoms with Gasteiger partial charge in [-0.1, -0.05) is 6.07 Å². The number of aromatic nitrogens is 1. The van der Waals surface area contributed by atoms with E-state index in [2.05, 4.69) is 9.88 Å². The summed E-state index contributed by atoms with van der Waals surface area (Å²) in [7, 11) is 0. The summed E-state index contributed by atoms with van der Waals surface area (Å²) in [6.45, 7) is 2.49. The van der Waals surface area contributed by atoms with Crippen LogP contribution in [0.5, 0.6) is 0 Å². The van der Waals surface area contributed by atoms with E-state index in [1.165, 1.54) is 0 Å². The van der Waals surface area contributed by atoms with Gasteiger partial charge in [-0.15, -0.1) is 0 Å². The zero-order valence-corrected chi connectivity index (χ0v) is 11.7. The first-order chi connectivity index (χ1) is 10.2. The summed E-state index contributed by atoms with van der Waals surface area (Å²) in [6.07, 6.45) is 3.13. The largest absolute Gasteiger partial charge is 0.423 e. The Morgan fingerprint density at radius 1 is 1.29 bits per heavy atom. The molecule has 2 fully saturated rings. The van der Waals surface area contributed by atoms with E-state index in [1.807, 2.05) is 6.07 Å². The van der Waals surface area contributed by atoms with Gasteiger partial charge >= 0.3 is 0 Å². The Morgan fingerprint density at radius 2 is 2.10 bits per heavy atom. The van der Waals surface area contributed by atoms with E-state index in [1.54, 1.807) is 12.1 Å². The number of nitrogens with two attached hydrogens (primary N) is 1. The van der Waals surface area contributed by atoms with Crippen LogP contribution in [-0.2, 0) is 4.74 Å². The summed E-state index contributed by atoms with van der Waals surface area (Å²) in [6, 6.07) is 5.84. The summed E-state index contributed by atoms with van der Waals surface area (Å²) >= 11 is 0. The summed E-state index contributed by atoms with van der Waals surface area (Å²) in [5, 5.41) is 0. The zero-order valence-electron chi connectivity index (χ0n) is 11.7. The SMILES string of the molecule is NC(=O)c1cccc2oc(N3CCC34CCOCC4)nc12. The molecule has 1 amide bonds. The number of anilines is 1. The highest BCUT2D eigenvalue weighted by molar-refractivity contribution is 6.03. The first-order valence-electron chi connectivity index (χ1n) is 7.24. The molecule has 2 saturated heterocycles. The van der Waals surface area contributed by atoms with Crippen LogP contribution in [0.3, 0.4) is 0 Å². The zero-order chi connectivity index (χ0) is 14.4. The Hall–Kier alpha value is -2.08. The number of hydrogen-bond donors (Lipinski definition) is 1. The molecule has 0 bridgehead atoms. The van der Waals surface area contributed by atoms with Crippen LogP contribution in [0.15, 0.2) is 22.6 Å². The highest BCUT2D eigenvalue weighted by Gasteiger charge is 2.47. The number of oxazole rings is 1. The monoisotopic (exact) mass is 287 g/mol. The fraction of sp³-hybridized carbons (Fsp3) is 0.467. The summed E-state index contributed by atoms with van der Waals surface area (Å²) in [5.74, 6) is -0.482.